The van der Waals surface area contributed by atoms with Gasteiger partial charge in [-0.05, 0) is 74.0 Å². The third kappa shape index (κ3) is 3.81. The summed E-state index contributed by atoms with van der Waals surface area (Å²) in [6, 6.07) is 15.6. The largest absolute Gasteiger partial charge is 0.302 e. The van der Waals surface area contributed by atoms with Gasteiger partial charge >= 0.3 is 0 Å². The Balaban J connectivity index is 1.42. The van der Waals surface area contributed by atoms with Crippen molar-refractivity contribution < 1.29 is 0 Å². The molecule has 24 heavy (non-hydrogen) atoms. The number of benzene rings is 2. The highest BCUT2D eigenvalue weighted by Crippen LogP contribution is 2.23. The van der Waals surface area contributed by atoms with Crippen LogP contribution in [0.4, 0.5) is 0 Å². The number of nitrogens with zero attached hydrogens (tertiary/aromatic N) is 2. The third-order valence-corrected chi connectivity index (χ3v) is 6.10. The minimum Gasteiger partial charge on any atom is -0.302 e. The van der Waals surface area contributed by atoms with E-state index < -0.39 is 0 Å². The number of hydrogen-bond acceptors (Lipinski definition) is 2. The van der Waals surface area contributed by atoms with Crippen molar-refractivity contribution in [3.63, 3.8) is 0 Å². The lowest BCUT2D eigenvalue weighted by Crippen LogP contribution is -2.36. The van der Waals surface area contributed by atoms with Crippen molar-refractivity contribution in [1.29, 1.82) is 0 Å². The number of fused-ring (bicyclic) bond motifs is 4. The van der Waals surface area contributed by atoms with Crippen LogP contribution in [0.1, 0.15) is 31.2 Å². The Morgan fingerprint density at radius 1 is 0.792 bits per heavy atom. The predicted octanol–water partition coefficient (Wildman–Crippen LogP) is 4.19. The molecule has 2 aliphatic heterocycles. The molecule has 2 heterocycles. The zero-order valence-electron chi connectivity index (χ0n) is 14.8. The van der Waals surface area contributed by atoms with Gasteiger partial charge in [0.15, 0.2) is 0 Å². The van der Waals surface area contributed by atoms with Gasteiger partial charge in [0.25, 0.3) is 0 Å². The Labute approximate surface area is 146 Å². The van der Waals surface area contributed by atoms with E-state index in [4.69, 9.17) is 0 Å². The molecule has 2 aliphatic rings. The molecule has 2 unspecified atom stereocenters. The summed E-state index contributed by atoms with van der Waals surface area (Å²) in [4.78, 5) is 5.43. The maximum atomic E-state index is 2.72. The Morgan fingerprint density at radius 3 is 2.67 bits per heavy atom. The summed E-state index contributed by atoms with van der Waals surface area (Å²) in [5.41, 5.74) is 1.51. The summed E-state index contributed by atoms with van der Waals surface area (Å²) < 4.78 is 0. The van der Waals surface area contributed by atoms with Gasteiger partial charge in [0.1, 0.15) is 0 Å². The van der Waals surface area contributed by atoms with Gasteiger partial charge in [-0.25, -0.2) is 0 Å². The molecule has 0 spiro atoms. The predicted molar refractivity (Wildman–Crippen MR) is 102 cm³/mol. The number of rotatable bonds is 3. The molecule has 0 N–H and O–H groups in total. The average Bonchev–Trinajstić information content (AvgIpc) is 2.81. The standard InChI is InChI=1S/C22H30N2/c1-2-9-22-20(6-1)7-3-8-21(22)12-16-24-15-11-19-5-4-13-23(14-10-19)17-18-24/h1-3,6-9,19H,4-5,10-18H2. The van der Waals surface area contributed by atoms with Crippen LogP contribution in [-0.4, -0.2) is 49.1 Å². The van der Waals surface area contributed by atoms with Gasteiger partial charge in [0.05, 0.1) is 0 Å². The first-order chi connectivity index (χ1) is 11.9. The van der Waals surface area contributed by atoms with Crippen LogP contribution in [0.25, 0.3) is 10.8 Å². The Morgan fingerprint density at radius 2 is 1.67 bits per heavy atom. The molecule has 0 aliphatic carbocycles. The van der Waals surface area contributed by atoms with Crippen LogP contribution in [0.15, 0.2) is 42.5 Å². The van der Waals surface area contributed by atoms with Crippen LogP contribution in [-0.2, 0) is 6.42 Å². The highest BCUT2D eigenvalue weighted by Gasteiger charge is 2.21. The van der Waals surface area contributed by atoms with E-state index in [1.807, 2.05) is 0 Å². The van der Waals surface area contributed by atoms with Crippen LogP contribution < -0.4 is 0 Å². The summed E-state index contributed by atoms with van der Waals surface area (Å²) >= 11 is 0. The molecule has 2 fully saturated rings. The minimum absolute atomic E-state index is 0.966. The summed E-state index contributed by atoms with van der Waals surface area (Å²) in [7, 11) is 0. The van der Waals surface area contributed by atoms with Crippen molar-refractivity contribution in [1.82, 2.24) is 9.80 Å². The van der Waals surface area contributed by atoms with Crippen molar-refractivity contribution >= 4 is 10.8 Å². The fourth-order valence-electron chi connectivity index (χ4n) is 4.51. The zero-order valence-corrected chi connectivity index (χ0v) is 14.8. The van der Waals surface area contributed by atoms with Crippen LogP contribution in [0.5, 0.6) is 0 Å². The molecule has 0 aromatic heterocycles. The van der Waals surface area contributed by atoms with Gasteiger partial charge in [-0.1, -0.05) is 42.5 Å². The molecule has 2 bridgehead atoms. The molecule has 2 aromatic carbocycles. The summed E-state index contributed by atoms with van der Waals surface area (Å²) in [5, 5.41) is 2.81. The van der Waals surface area contributed by atoms with Crippen molar-refractivity contribution in [3.8, 4) is 0 Å². The van der Waals surface area contributed by atoms with E-state index in [-0.39, 0.29) is 0 Å². The first kappa shape index (κ1) is 16.1. The van der Waals surface area contributed by atoms with Crippen molar-refractivity contribution in [2.75, 3.05) is 39.3 Å². The molecule has 2 nitrogen and oxygen atoms in total. The average molecular weight is 322 g/mol. The minimum atomic E-state index is 0.966. The molecule has 2 atom stereocenters. The summed E-state index contributed by atoms with van der Waals surface area (Å²) in [6.45, 7) is 7.67. The molecule has 0 radical (unpaired) electrons. The smallest absolute Gasteiger partial charge is 0.0109 e. The second-order valence-corrected chi connectivity index (χ2v) is 7.66. The lowest BCUT2D eigenvalue weighted by atomic mass is 9.96. The maximum absolute atomic E-state index is 2.72. The van der Waals surface area contributed by atoms with Crippen LogP contribution >= 0.6 is 0 Å². The van der Waals surface area contributed by atoms with E-state index in [0.717, 1.165) is 5.92 Å². The van der Waals surface area contributed by atoms with Crippen molar-refractivity contribution in [2.45, 2.75) is 32.1 Å². The molecular formula is C22H30N2. The number of hydrogen-bond donors (Lipinski definition) is 0. The fourth-order valence-corrected chi connectivity index (χ4v) is 4.51. The summed E-state index contributed by atoms with van der Waals surface area (Å²) in [5.74, 6) is 0.966. The van der Waals surface area contributed by atoms with E-state index in [1.165, 1.54) is 87.7 Å². The van der Waals surface area contributed by atoms with Crippen LogP contribution in [0.2, 0.25) is 0 Å². The lowest BCUT2D eigenvalue weighted by molar-refractivity contribution is 0.209. The molecule has 128 valence electrons. The van der Waals surface area contributed by atoms with Gasteiger partial charge in [0, 0.05) is 19.6 Å². The van der Waals surface area contributed by atoms with E-state index in [9.17, 15) is 0 Å². The molecule has 2 aromatic rings. The van der Waals surface area contributed by atoms with E-state index in [1.54, 1.807) is 0 Å². The van der Waals surface area contributed by atoms with Gasteiger partial charge in [-0.2, -0.15) is 0 Å². The maximum Gasteiger partial charge on any atom is 0.0109 e. The van der Waals surface area contributed by atoms with Gasteiger partial charge in [-0.3, -0.25) is 0 Å². The highest BCUT2D eigenvalue weighted by molar-refractivity contribution is 5.85. The van der Waals surface area contributed by atoms with Gasteiger partial charge in [-0.15, -0.1) is 0 Å². The van der Waals surface area contributed by atoms with Crippen LogP contribution in [0.3, 0.4) is 0 Å². The normalized spacial score (nSPS) is 25.8. The quantitative estimate of drug-likeness (QED) is 0.836. The van der Waals surface area contributed by atoms with E-state index in [2.05, 4.69) is 52.3 Å². The third-order valence-electron chi connectivity index (χ3n) is 6.10. The van der Waals surface area contributed by atoms with Gasteiger partial charge in [0.2, 0.25) is 0 Å². The Bertz CT molecular complexity index is 645. The van der Waals surface area contributed by atoms with Crippen molar-refractivity contribution in [3.05, 3.63) is 48.0 Å². The molecule has 2 saturated heterocycles. The first-order valence-electron chi connectivity index (χ1n) is 9.80. The second kappa shape index (κ2) is 7.67. The fraction of sp³-hybridized carbons (Fsp3) is 0.545. The topological polar surface area (TPSA) is 6.48 Å². The SMILES string of the molecule is c1ccc2c(CCN3CCC4CCCN(CC4)CC3)cccc2c1. The van der Waals surface area contributed by atoms with E-state index >= 15 is 0 Å². The Hall–Kier alpha value is -1.38. The highest BCUT2D eigenvalue weighted by atomic mass is 15.2. The molecule has 0 saturated carbocycles. The lowest BCUT2D eigenvalue weighted by Gasteiger charge is -2.27. The van der Waals surface area contributed by atoms with Crippen LogP contribution in [0, 0.1) is 5.92 Å². The van der Waals surface area contributed by atoms with Crippen molar-refractivity contribution in [2.24, 2.45) is 5.92 Å². The first-order valence-corrected chi connectivity index (χ1v) is 9.80. The van der Waals surface area contributed by atoms with Gasteiger partial charge < -0.3 is 9.80 Å². The molecule has 4 rings (SSSR count). The summed E-state index contributed by atoms with van der Waals surface area (Å²) in [6.07, 6.45) is 6.88. The molecular weight excluding hydrogens is 292 g/mol. The Kier molecular flexibility index (Phi) is 5.15. The second-order valence-electron chi connectivity index (χ2n) is 7.66. The van der Waals surface area contributed by atoms with E-state index in [0.29, 0.717) is 0 Å². The molecule has 2 heteroatoms. The molecule has 0 amide bonds. The monoisotopic (exact) mass is 322 g/mol. The zero-order chi connectivity index (χ0) is 16.2.